The van der Waals surface area contributed by atoms with Gasteiger partial charge in [0.1, 0.15) is 12.1 Å². The maximum atomic E-state index is 10.2. The summed E-state index contributed by atoms with van der Waals surface area (Å²) in [6.45, 7) is 0. The minimum Gasteiger partial charge on any atom is -0.282 e. The minimum atomic E-state index is -0.655. The van der Waals surface area contributed by atoms with E-state index < -0.39 is 4.92 Å². The Morgan fingerprint density at radius 1 is 1.42 bits per heavy atom. The fraction of sp³-hybridized carbons (Fsp3) is 0. The van der Waals surface area contributed by atoms with E-state index in [4.69, 9.17) is 28.4 Å². The smallest absolute Gasteiger partial charge is 0.282 e. The third-order valence-electron chi connectivity index (χ3n) is 1.15. The summed E-state index contributed by atoms with van der Waals surface area (Å²) < 4.78 is 0.441. The van der Waals surface area contributed by atoms with Gasteiger partial charge >= 0.3 is 10.3 Å². The highest BCUT2D eigenvalue weighted by Crippen LogP contribution is 2.17. The number of nitrogens with zero attached hydrogens (tertiary/aromatic N) is 2. The third kappa shape index (κ3) is 1.57. The number of pyridine rings is 1. The van der Waals surface area contributed by atoms with Crippen LogP contribution in [-0.4, -0.2) is 10.1 Å². The molecule has 0 bridgehead atoms. The van der Waals surface area contributed by atoms with Gasteiger partial charge in [-0.1, -0.05) is 0 Å². The SMILES string of the molecule is O=[N+]([O-])c1cc(Cl)[n+](O)c(Cl)c1. The van der Waals surface area contributed by atoms with Crippen LogP contribution in [0.1, 0.15) is 0 Å². The van der Waals surface area contributed by atoms with E-state index in [2.05, 4.69) is 0 Å². The van der Waals surface area contributed by atoms with Gasteiger partial charge in [0.15, 0.2) is 0 Å². The summed E-state index contributed by atoms with van der Waals surface area (Å²) in [5, 5.41) is 18.7. The molecule has 1 aromatic heterocycles. The Hall–Kier alpha value is -1.07. The van der Waals surface area contributed by atoms with Gasteiger partial charge in [-0.05, 0) is 23.2 Å². The van der Waals surface area contributed by atoms with Crippen molar-refractivity contribution in [3.8, 4) is 0 Å². The van der Waals surface area contributed by atoms with Crippen LogP contribution in [0.15, 0.2) is 12.1 Å². The van der Waals surface area contributed by atoms with Crippen molar-refractivity contribution < 1.29 is 14.9 Å². The second-order valence-corrected chi connectivity index (χ2v) is 2.70. The van der Waals surface area contributed by atoms with Crippen molar-refractivity contribution in [3.05, 3.63) is 32.6 Å². The van der Waals surface area contributed by atoms with Gasteiger partial charge in [-0.15, -0.1) is 0 Å². The van der Waals surface area contributed by atoms with Crippen LogP contribution in [-0.2, 0) is 0 Å². The third-order valence-corrected chi connectivity index (χ3v) is 1.69. The molecule has 1 heterocycles. The standard InChI is InChI=1S/C5H3Cl2N2O3/c6-4-1-3(9(11)12)2-5(7)8(4)10/h1-2,10H/q+1. The van der Waals surface area contributed by atoms with Crippen molar-refractivity contribution in [3.63, 3.8) is 0 Å². The molecule has 1 rings (SSSR count). The van der Waals surface area contributed by atoms with Crippen LogP contribution in [0.5, 0.6) is 0 Å². The van der Waals surface area contributed by atoms with Gasteiger partial charge in [0.25, 0.3) is 5.69 Å². The van der Waals surface area contributed by atoms with Crippen LogP contribution >= 0.6 is 23.2 Å². The molecule has 64 valence electrons. The van der Waals surface area contributed by atoms with E-state index in [1.807, 2.05) is 0 Å². The Balaban J connectivity index is 3.31. The summed E-state index contributed by atoms with van der Waals surface area (Å²) in [7, 11) is 0. The van der Waals surface area contributed by atoms with E-state index in [1.54, 1.807) is 0 Å². The highest BCUT2D eigenvalue weighted by atomic mass is 35.5. The first-order valence-electron chi connectivity index (χ1n) is 2.77. The summed E-state index contributed by atoms with van der Waals surface area (Å²) >= 11 is 10.8. The highest BCUT2D eigenvalue weighted by Gasteiger charge is 2.20. The monoisotopic (exact) mass is 209 g/mol. The molecular weight excluding hydrogens is 207 g/mol. The lowest BCUT2D eigenvalue weighted by atomic mass is 10.4. The van der Waals surface area contributed by atoms with Crippen molar-refractivity contribution in [2.75, 3.05) is 0 Å². The zero-order chi connectivity index (χ0) is 9.30. The van der Waals surface area contributed by atoms with Crippen molar-refractivity contribution >= 4 is 28.9 Å². The second-order valence-electron chi connectivity index (χ2n) is 1.93. The van der Waals surface area contributed by atoms with E-state index in [0.717, 1.165) is 12.1 Å². The number of nitro groups is 1. The number of rotatable bonds is 1. The van der Waals surface area contributed by atoms with Crippen molar-refractivity contribution in [2.45, 2.75) is 0 Å². The Morgan fingerprint density at radius 3 is 2.17 bits per heavy atom. The zero-order valence-electron chi connectivity index (χ0n) is 5.57. The average molecular weight is 210 g/mol. The van der Waals surface area contributed by atoms with E-state index in [0.29, 0.717) is 4.73 Å². The molecule has 0 unspecified atom stereocenters. The van der Waals surface area contributed by atoms with Crippen LogP contribution in [0, 0.1) is 10.1 Å². The molecule has 7 heteroatoms. The number of hydrogen-bond acceptors (Lipinski definition) is 3. The summed E-state index contributed by atoms with van der Waals surface area (Å²) in [6.07, 6.45) is 0. The lowest BCUT2D eigenvalue weighted by Gasteiger charge is -1.90. The van der Waals surface area contributed by atoms with Gasteiger partial charge in [0.05, 0.1) is 4.92 Å². The van der Waals surface area contributed by atoms with Gasteiger partial charge in [-0.25, -0.2) is 0 Å². The lowest BCUT2D eigenvalue weighted by molar-refractivity contribution is -0.901. The minimum absolute atomic E-state index is 0.214. The molecule has 1 aromatic rings. The van der Waals surface area contributed by atoms with E-state index in [1.165, 1.54) is 0 Å². The Labute approximate surface area is 76.9 Å². The van der Waals surface area contributed by atoms with Gasteiger partial charge in [0.2, 0.25) is 0 Å². The second kappa shape index (κ2) is 3.12. The van der Waals surface area contributed by atoms with Crippen LogP contribution in [0.25, 0.3) is 0 Å². The Bertz CT molecular complexity index is 318. The largest absolute Gasteiger partial charge is 0.333 e. The molecule has 1 N–H and O–H groups in total. The molecule has 0 aromatic carbocycles. The average Bonchev–Trinajstić information content (AvgIpc) is 1.99. The summed E-state index contributed by atoms with van der Waals surface area (Å²) in [5.41, 5.74) is -0.268. The van der Waals surface area contributed by atoms with E-state index in [-0.39, 0.29) is 16.0 Å². The van der Waals surface area contributed by atoms with Gasteiger partial charge in [0, 0.05) is 4.73 Å². The molecule has 0 fully saturated rings. The first kappa shape index (κ1) is 9.02. The fourth-order valence-corrected chi connectivity index (χ4v) is 1.06. The van der Waals surface area contributed by atoms with Crippen LogP contribution in [0.4, 0.5) is 5.69 Å². The molecular formula is C5H3Cl2N2O3+. The van der Waals surface area contributed by atoms with Crippen LogP contribution in [0.3, 0.4) is 0 Å². The van der Waals surface area contributed by atoms with Gasteiger partial charge < -0.3 is 0 Å². The van der Waals surface area contributed by atoms with Crippen molar-refractivity contribution in [1.29, 1.82) is 0 Å². The normalized spacial score (nSPS) is 9.83. The highest BCUT2D eigenvalue weighted by molar-refractivity contribution is 6.30. The first-order chi connectivity index (χ1) is 5.52. The molecule has 0 atom stereocenters. The fourth-order valence-electron chi connectivity index (χ4n) is 0.615. The molecule has 0 amide bonds. The molecule has 0 aliphatic carbocycles. The van der Waals surface area contributed by atoms with Gasteiger partial charge in [-0.2, -0.15) is 0 Å². The maximum Gasteiger partial charge on any atom is 0.333 e. The predicted molar refractivity (Wildman–Crippen MR) is 40.5 cm³/mol. The summed E-state index contributed by atoms with van der Waals surface area (Å²) in [4.78, 5) is 9.56. The molecule has 0 saturated carbocycles. The van der Waals surface area contributed by atoms with Gasteiger partial charge in [-0.3, -0.25) is 15.3 Å². The topological polar surface area (TPSA) is 67.2 Å². The molecule has 0 aliphatic heterocycles. The lowest BCUT2D eigenvalue weighted by Crippen LogP contribution is -2.32. The van der Waals surface area contributed by atoms with E-state index >= 15 is 0 Å². The Morgan fingerprint density at radius 2 is 1.83 bits per heavy atom. The van der Waals surface area contributed by atoms with Crippen LogP contribution < -0.4 is 4.73 Å². The molecule has 0 aliphatic rings. The maximum absolute atomic E-state index is 10.2. The number of aromatic nitrogens is 1. The molecule has 5 nitrogen and oxygen atoms in total. The zero-order valence-corrected chi connectivity index (χ0v) is 7.08. The number of halogens is 2. The number of hydrogen-bond donors (Lipinski definition) is 1. The predicted octanol–water partition coefficient (Wildman–Crippen LogP) is 1.43. The molecule has 0 saturated heterocycles. The molecule has 0 radical (unpaired) electrons. The summed E-state index contributed by atoms with van der Waals surface area (Å²) in [6, 6.07) is 1.99. The molecule has 12 heavy (non-hydrogen) atoms. The van der Waals surface area contributed by atoms with Crippen LogP contribution in [0.2, 0.25) is 10.3 Å². The summed E-state index contributed by atoms with van der Waals surface area (Å²) in [5.74, 6) is 0. The first-order valence-corrected chi connectivity index (χ1v) is 3.52. The Kier molecular flexibility index (Phi) is 2.35. The quantitative estimate of drug-likeness (QED) is 0.250. The van der Waals surface area contributed by atoms with E-state index in [9.17, 15) is 10.1 Å². The van der Waals surface area contributed by atoms with Crippen molar-refractivity contribution in [1.82, 2.24) is 0 Å². The van der Waals surface area contributed by atoms with Crippen molar-refractivity contribution in [2.24, 2.45) is 0 Å². The molecule has 0 spiro atoms.